The zero-order chi connectivity index (χ0) is 13.1. The fourth-order valence-corrected chi connectivity index (χ4v) is 3.35. The van der Waals surface area contributed by atoms with E-state index in [1.165, 1.54) is 32.5 Å². The van der Waals surface area contributed by atoms with E-state index >= 15 is 0 Å². The van der Waals surface area contributed by atoms with E-state index in [9.17, 15) is 0 Å². The summed E-state index contributed by atoms with van der Waals surface area (Å²) in [4.78, 5) is 2.51. The van der Waals surface area contributed by atoms with Crippen LogP contribution in [0.25, 0.3) is 0 Å². The highest BCUT2D eigenvalue weighted by molar-refractivity contribution is 6.30. The molecule has 1 N–H and O–H groups in total. The first-order chi connectivity index (χ1) is 9.31. The third kappa shape index (κ3) is 3.41. The summed E-state index contributed by atoms with van der Waals surface area (Å²) in [6.45, 7) is 5.31. The number of likely N-dealkylation sites (tertiary alicyclic amines) is 1. The molecular formula is C15H21ClN2O. The van der Waals surface area contributed by atoms with Crippen molar-refractivity contribution in [2.45, 2.75) is 18.9 Å². The molecule has 3 nitrogen and oxygen atoms in total. The van der Waals surface area contributed by atoms with Crippen LogP contribution in [0.3, 0.4) is 0 Å². The summed E-state index contributed by atoms with van der Waals surface area (Å²) in [6.07, 6.45) is 2.71. The molecule has 0 aliphatic carbocycles. The van der Waals surface area contributed by atoms with Crippen LogP contribution < -0.4 is 10.1 Å². The van der Waals surface area contributed by atoms with Gasteiger partial charge in [0.2, 0.25) is 0 Å². The van der Waals surface area contributed by atoms with Crippen molar-refractivity contribution in [2.75, 3.05) is 32.8 Å². The van der Waals surface area contributed by atoms with Gasteiger partial charge in [-0.3, -0.25) is 4.90 Å². The largest absolute Gasteiger partial charge is 0.492 e. The molecule has 0 bridgehead atoms. The van der Waals surface area contributed by atoms with Crippen LogP contribution in [0.4, 0.5) is 0 Å². The third-order valence-electron chi connectivity index (χ3n) is 4.15. The van der Waals surface area contributed by atoms with E-state index in [4.69, 9.17) is 16.3 Å². The normalized spacial score (nSPS) is 27.2. The fraction of sp³-hybridized carbons (Fsp3) is 0.600. The Kier molecular flexibility index (Phi) is 4.26. The quantitative estimate of drug-likeness (QED) is 0.917. The Labute approximate surface area is 119 Å². The summed E-state index contributed by atoms with van der Waals surface area (Å²) >= 11 is 5.93. The summed E-state index contributed by atoms with van der Waals surface area (Å²) in [7, 11) is 0. The molecule has 0 amide bonds. The third-order valence-corrected chi connectivity index (χ3v) is 4.38. The lowest BCUT2D eigenvalue weighted by molar-refractivity contribution is 0.232. The predicted molar refractivity (Wildman–Crippen MR) is 77.9 cm³/mol. The molecule has 2 fully saturated rings. The number of halogens is 1. The molecule has 2 heterocycles. The van der Waals surface area contributed by atoms with Crippen LogP contribution in [0.2, 0.25) is 5.02 Å². The average Bonchev–Trinajstić information content (AvgIpc) is 2.81. The van der Waals surface area contributed by atoms with E-state index in [0.717, 1.165) is 29.8 Å². The summed E-state index contributed by atoms with van der Waals surface area (Å²) in [5.74, 6) is 1.71. The molecule has 3 rings (SSSR count). The van der Waals surface area contributed by atoms with Gasteiger partial charge in [-0.1, -0.05) is 17.7 Å². The van der Waals surface area contributed by atoms with Crippen LogP contribution in [0.1, 0.15) is 12.8 Å². The Morgan fingerprint density at radius 3 is 3.16 bits per heavy atom. The predicted octanol–water partition coefficient (Wildman–Crippen LogP) is 2.40. The highest BCUT2D eigenvalue weighted by atomic mass is 35.5. The van der Waals surface area contributed by atoms with E-state index < -0.39 is 0 Å². The lowest BCUT2D eigenvalue weighted by Crippen LogP contribution is -2.40. The Morgan fingerprint density at radius 1 is 1.37 bits per heavy atom. The Hall–Kier alpha value is -0.770. The van der Waals surface area contributed by atoms with Gasteiger partial charge in [0.05, 0.1) is 0 Å². The van der Waals surface area contributed by atoms with Gasteiger partial charge in [0.25, 0.3) is 0 Å². The van der Waals surface area contributed by atoms with Crippen molar-refractivity contribution in [1.82, 2.24) is 10.2 Å². The highest BCUT2D eigenvalue weighted by Crippen LogP contribution is 2.24. The smallest absolute Gasteiger partial charge is 0.120 e. The van der Waals surface area contributed by atoms with Gasteiger partial charge in [-0.2, -0.15) is 0 Å². The SMILES string of the molecule is Clc1cccc(OCCN2CC3CCCNC3C2)c1. The Balaban J connectivity index is 1.43. The molecule has 0 aromatic heterocycles. The number of rotatable bonds is 4. The molecule has 2 atom stereocenters. The standard InChI is InChI=1S/C15H21ClN2O/c16-13-4-1-5-14(9-13)19-8-7-18-10-12-3-2-6-17-15(12)11-18/h1,4-5,9,12,15,17H,2-3,6-8,10-11H2. The number of ether oxygens (including phenoxy) is 1. The van der Waals surface area contributed by atoms with Gasteiger partial charge < -0.3 is 10.1 Å². The minimum atomic E-state index is 0.708. The van der Waals surface area contributed by atoms with Crippen molar-refractivity contribution in [1.29, 1.82) is 0 Å². The molecule has 104 valence electrons. The van der Waals surface area contributed by atoms with E-state index in [-0.39, 0.29) is 0 Å². The Morgan fingerprint density at radius 2 is 2.32 bits per heavy atom. The van der Waals surface area contributed by atoms with E-state index in [1.54, 1.807) is 0 Å². The number of hydrogen-bond acceptors (Lipinski definition) is 3. The maximum atomic E-state index is 5.93. The zero-order valence-corrected chi connectivity index (χ0v) is 11.9. The fourth-order valence-electron chi connectivity index (χ4n) is 3.17. The van der Waals surface area contributed by atoms with Gasteiger partial charge in [0.1, 0.15) is 12.4 Å². The minimum absolute atomic E-state index is 0.708. The van der Waals surface area contributed by atoms with E-state index in [0.29, 0.717) is 6.04 Å². The van der Waals surface area contributed by atoms with Crippen molar-refractivity contribution in [3.8, 4) is 5.75 Å². The van der Waals surface area contributed by atoms with Crippen molar-refractivity contribution in [3.05, 3.63) is 29.3 Å². The van der Waals surface area contributed by atoms with Gasteiger partial charge in [-0.15, -0.1) is 0 Å². The highest BCUT2D eigenvalue weighted by Gasteiger charge is 2.33. The molecule has 2 aliphatic heterocycles. The second kappa shape index (κ2) is 6.12. The second-order valence-corrected chi connectivity index (χ2v) is 5.96. The number of hydrogen-bond donors (Lipinski definition) is 1. The summed E-state index contributed by atoms with van der Waals surface area (Å²) < 4.78 is 5.76. The molecule has 4 heteroatoms. The van der Waals surface area contributed by atoms with Crippen LogP contribution in [0, 0.1) is 5.92 Å². The molecule has 19 heavy (non-hydrogen) atoms. The van der Waals surface area contributed by atoms with Gasteiger partial charge in [-0.25, -0.2) is 0 Å². The lowest BCUT2D eigenvalue weighted by atomic mass is 9.94. The molecule has 1 aromatic carbocycles. The van der Waals surface area contributed by atoms with Crippen LogP contribution >= 0.6 is 11.6 Å². The monoisotopic (exact) mass is 280 g/mol. The maximum Gasteiger partial charge on any atom is 0.120 e. The van der Waals surface area contributed by atoms with Gasteiger partial charge in [0.15, 0.2) is 0 Å². The second-order valence-electron chi connectivity index (χ2n) is 5.53. The molecule has 0 spiro atoms. The van der Waals surface area contributed by atoms with Crippen LogP contribution in [0.5, 0.6) is 5.75 Å². The summed E-state index contributed by atoms with van der Waals surface area (Å²) in [5, 5.41) is 4.36. The summed E-state index contributed by atoms with van der Waals surface area (Å²) in [6, 6.07) is 8.32. The van der Waals surface area contributed by atoms with Crippen molar-refractivity contribution >= 4 is 11.6 Å². The Bertz CT molecular complexity index is 412. The zero-order valence-electron chi connectivity index (χ0n) is 11.1. The number of nitrogens with one attached hydrogen (secondary N) is 1. The molecule has 0 saturated carbocycles. The molecule has 1 aromatic rings. The number of benzene rings is 1. The van der Waals surface area contributed by atoms with Crippen LogP contribution in [0.15, 0.2) is 24.3 Å². The van der Waals surface area contributed by atoms with Gasteiger partial charge in [-0.05, 0) is 43.5 Å². The lowest BCUT2D eigenvalue weighted by Gasteiger charge is -2.24. The number of nitrogens with zero attached hydrogens (tertiary/aromatic N) is 1. The first-order valence-electron chi connectivity index (χ1n) is 7.15. The molecule has 2 saturated heterocycles. The van der Waals surface area contributed by atoms with Crippen molar-refractivity contribution in [2.24, 2.45) is 5.92 Å². The van der Waals surface area contributed by atoms with Crippen LogP contribution in [-0.4, -0.2) is 43.7 Å². The van der Waals surface area contributed by atoms with Gasteiger partial charge >= 0.3 is 0 Å². The molecule has 0 radical (unpaired) electrons. The summed E-state index contributed by atoms with van der Waals surface area (Å²) in [5.41, 5.74) is 0. The first kappa shape index (κ1) is 13.2. The first-order valence-corrected chi connectivity index (χ1v) is 7.53. The average molecular weight is 281 g/mol. The van der Waals surface area contributed by atoms with Crippen molar-refractivity contribution in [3.63, 3.8) is 0 Å². The molecule has 2 unspecified atom stereocenters. The van der Waals surface area contributed by atoms with E-state index in [2.05, 4.69) is 10.2 Å². The number of fused-ring (bicyclic) bond motifs is 1. The van der Waals surface area contributed by atoms with Crippen molar-refractivity contribution < 1.29 is 4.74 Å². The van der Waals surface area contributed by atoms with Gasteiger partial charge in [0, 0.05) is 30.7 Å². The molecular weight excluding hydrogens is 260 g/mol. The maximum absolute atomic E-state index is 5.93. The van der Waals surface area contributed by atoms with Crippen LogP contribution in [-0.2, 0) is 0 Å². The van der Waals surface area contributed by atoms with E-state index in [1.807, 2.05) is 24.3 Å². The minimum Gasteiger partial charge on any atom is -0.492 e. The molecule has 2 aliphatic rings. The topological polar surface area (TPSA) is 24.5 Å². The number of piperidine rings is 1.